The summed E-state index contributed by atoms with van der Waals surface area (Å²) in [4.78, 5) is 27.5. The molecule has 3 N–H and O–H groups in total. The molecule has 0 fully saturated rings. The van der Waals surface area contributed by atoms with Crippen molar-refractivity contribution in [1.29, 1.82) is 0 Å². The van der Waals surface area contributed by atoms with Crippen molar-refractivity contribution in [3.8, 4) is 0 Å². The zero-order valence-electron chi connectivity index (χ0n) is 10.0. The molecule has 8 heteroatoms. The molecule has 2 heterocycles. The molecule has 0 atom stereocenters. The van der Waals surface area contributed by atoms with Crippen molar-refractivity contribution >= 4 is 21.8 Å². The maximum absolute atomic E-state index is 12.0. The van der Waals surface area contributed by atoms with Crippen LogP contribution < -0.4 is 16.8 Å². The van der Waals surface area contributed by atoms with Crippen LogP contribution in [0.5, 0.6) is 0 Å². The number of carbonyl (C=O) groups is 1. The van der Waals surface area contributed by atoms with Crippen molar-refractivity contribution in [2.45, 2.75) is 13.5 Å². The summed E-state index contributed by atoms with van der Waals surface area (Å²) in [5.41, 5.74) is 2.31. The first-order chi connectivity index (χ1) is 9.04. The zero-order valence-corrected chi connectivity index (χ0v) is 11.6. The molecule has 0 bridgehead atoms. The highest BCUT2D eigenvalue weighted by Crippen LogP contribution is 2.12. The van der Waals surface area contributed by atoms with E-state index in [-0.39, 0.29) is 17.9 Å². The summed E-state index contributed by atoms with van der Waals surface area (Å²) in [7, 11) is 0. The third kappa shape index (κ3) is 2.59. The quantitative estimate of drug-likeness (QED) is 0.487. The van der Waals surface area contributed by atoms with E-state index in [2.05, 4.69) is 20.9 Å². The summed E-state index contributed by atoms with van der Waals surface area (Å²) in [6.45, 7) is 1.88. The van der Waals surface area contributed by atoms with Gasteiger partial charge in [0.25, 0.3) is 5.56 Å². The van der Waals surface area contributed by atoms with E-state index < -0.39 is 5.91 Å². The van der Waals surface area contributed by atoms with Gasteiger partial charge < -0.3 is 4.42 Å². The number of nitrogens with two attached hydrogens (primary N) is 1. The summed E-state index contributed by atoms with van der Waals surface area (Å²) < 4.78 is 6.85. The molecule has 19 heavy (non-hydrogen) atoms. The second-order valence-electron chi connectivity index (χ2n) is 3.79. The first-order valence-corrected chi connectivity index (χ1v) is 6.13. The smallest absolute Gasteiger partial charge is 0.301 e. The minimum Gasteiger partial charge on any atom is -0.459 e. The van der Waals surface area contributed by atoms with Crippen LogP contribution in [0.3, 0.4) is 0 Å². The molecule has 0 aliphatic carbocycles. The Bertz CT molecular complexity index is 677. The Balaban J connectivity index is 2.43. The monoisotopic (exact) mass is 326 g/mol. The highest BCUT2D eigenvalue weighted by molar-refractivity contribution is 9.10. The van der Waals surface area contributed by atoms with E-state index in [1.807, 2.05) is 5.43 Å². The number of nitrogens with one attached hydrogen (secondary N) is 1. The molecule has 2 aromatic heterocycles. The molecule has 0 radical (unpaired) electrons. The molecule has 2 rings (SSSR count). The van der Waals surface area contributed by atoms with Crippen molar-refractivity contribution in [2.24, 2.45) is 5.84 Å². The summed E-state index contributed by atoms with van der Waals surface area (Å²) in [5, 5.41) is 0. The standard InChI is InChI=1S/C11H11BrN4O3/c1-6-14-4-8(12)11(18)16(6)5-7-2-3-19-9(7)10(17)15-13/h2-4H,5,13H2,1H3,(H,15,17). The van der Waals surface area contributed by atoms with Crippen LogP contribution in [-0.2, 0) is 6.54 Å². The number of rotatable bonds is 3. The number of furan rings is 1. The number of hydrogen-bond donors (Lipinski definition) is 2. The SMILES string of the molecule is Cc1ncc(Br)c(=O)n1Cc1ccoc1C(=O)NN. The Labute approximate surface area is 116 Å². The molecule has 0 saturated carbocycles. The lowest BCUT2D eigenvalue weighted by atomic mass is 10.2. The number of nitrogens with zero attached hydrogens (tertiary/aromatic N) is 2. The van der Waals surface area contributed by atoms with E-state index in [1.165, 1.54) is 17.0 Å². The fourth-order valence-corrected chi connectivity index (χ4v) is 1.95. The van der Waals surface area contributed by atoms with Crippen LogP contribution in [0.25, 0.3) is 0 Å². The number of carbonyl (C=O) groups excluding carboxylic acids is 1. The van der Waals surface area contributed by atoms with Crippen LogP contribution >= 0.6 is 15.9 Å². The van der Waals surface area contributed by atoms with Crippen molar-refractivity contribution in [3.63, 3.8) is 0 Å². The molecule has 0 unspecified atom stereocenters. The lowest BCUT2D eigenvalue weighted by Crippen LogP contribution is -2.31. The van der Waals surface area contributed by atoms with Crippen molar-refractivity contribution in [1.82, 2.24) is 15.0 Å². The van der Waals surface area contributed by atoms with Crippen molar-refractivity contribution in [2.75, 3.05) is 0 Å². The number of aryl methyl sites for hydroxylation is 1. The molecule has 2 aromatic rings. The first-order valence-electron chi connectivity index (χ1n) is 5.34. The Hall–Kier alpha value is -1.93. The third-order valence-corrected chi connectivity index (χ3v) is 3.16. The molecular formula is C11H11BrN4O3. The van der Waals surface area contributed by atoms with Crippen LogP contribution in [0, 0.1) is 6.92 Å². The first kappa shape index (κ1) is 13.5. The fraction of sp³-hybridized carbons (Fsp3) is 0.182. The lowest BCUT2D eigenvalue weighted by Gasteiger charge is -2.09. The predicted octanol–water partition coefficient (Wildman–Crippen LogP) is 0.559. The van der Waals surface area contributed by atoms with Gasteiger partial charge >= 0.3 is 5.91 Å². The molecule has 0 aliphatic heterocycles. The number of halogens is 1. The molecule has 0 saturated heterocycles. The Morgan fingerprint density at radius 2 is 2.37 bits per heavy atom. The van der Waals surface area contributed by atoms with Gasteiger partial charge in [-0.3, -0.25) is 19.6 Å². The second-order valence-corrected chi connectivity index (χ2v) is 4.65. The van der Waals surface area contributed by atoms with Gasteiger partial charge in [0.15, 0.2) is 5.76 Å². The van der Waals surface area contributed by atoms with Crippen LogP contribution in [0.4, 0.5) is 0 Å². The Morgan fingerprint density at radius 1 is 1.63 bits per heavy atom. The molecule has 7 nitrogen and oxygen atoms in total. The number of aromatic nitrogens is 2. The molecule has 0 aromatic carbocycles. The maximum Gasteiger partial charge on any atom is 0.301 e. The van der Waals surface area contributed by atoms with Crippen molar-refractivity contribution in [3.05, 3.63) is 50.5 Å². The van der Waals surface area contributed by atoms with Crippen molar-refractivity contribution < 1.29 is 9.21 Å². The number of hydrazine groups is 1. The molecular weight excluding hydrogens is 316 g/mol. The second kappa shape index (κ2) is 5.37. The summed E-state index contributed by atoms with van der Waals surface area (Å²) in [6, 6.07) is 1.61. The minimum atomic E-state index is -0.548. The average Bonchev–Trinajstić information content (AvgIpc) is 2.86. The Morgan fingerprint density at radius 3 is 3.05 bits per heavy atom. The van der Waals surface area contributed by atoms with Gasteiger partial charge in [0.05, 0.1) is 12.8 Å². The largest absolute Gasteiger partial charge is 0.459 e. The highest BCUT2D eigenvalue weighted by Gasteiger charge is 2.16. The van der Waals surface area contributed by atoms with Crippen LogP contribution in [0.1, 0.15) is 21.9 Å². The normalized spacial score (nSPS) is 10.5. The summed E-state index contributed by atoms with van der Waals surface area (Å²) in [6.07, 6.45) is 2.81. The minimum absolute atomic E-state index is 0.0776. The van der Waals surface area contributed by atoms with Gasteiger partial charge in [-0.15, -0.1) is 0 Å². The zero-order chi connectivity index (χ0) is 14.0. The molecule has 0 aliphatic rings. The number of nitrogen functional groups attached to an aromatic ring is 1. The van der Waals surface area contributed by atoms with Gasteiger partial charge in [0, 0.05) is 11.8 Å². The third-order valence-electron chi connectivity index (χ3n) is 2.62. The fourth-order valence-electron chi connectivity index (χ4n) is 1.63. The van der Waals surface area contributed by atoms with E-state index in [0.717, 1.165) is 0 Å². The predicted molar refractivity (Wildman–Crippen MR) is 70.4 cm³/mol. The van der Waals surface area contributed by atoms with E-state index in [0.29, 0.717) is 15.9 Å². The van der Waals surface area contributed by atoms with Crippen LogP contribution in [0.15, 0.2) is 32.2 Å². The van der Waals surface area contributed by atoms with Gasteiger partial charge in [-0.2, -0.15) is 0 Å². The molecule has 1 amide bonds. The van der Waals surface area contributed by atoms with Gasteiger partial charge in [-0.25, -0.2) is 10.8 Å². The van der Waals surface area contributed by atoms with Gasteiger partial charge in [-0.05, 0) is 28.9 Å². The summed E-state index contributed by atoms with van der Waals surface area (Å²) in [5.74, 6) is 5.13. The van der Waals surface area contributed by atoms with E-state index in [9.17, 15) is 9.59 Å². The van der Waals surface area contributed by atoms with E-state index >= 15 is 0 Å². The van der Waals surface area contributed by atoms with E-state index in [1.54, 1.807) is 13.0 Å². The topological polar surface area (TPSA) is 103 Å². The van der Waals surface area contributed by atoms with Gasteiger partial charge in [0.2, 0.25) is 0 Å². The summed E-state index contributed by atoms with van der Waals surface area (Å²) >= 11 is 3.13. The molecule has 100 valence electrons. The Kier molecular flexibility index (Phi) is 3.82. The highest BCUT2D eigenvalue weighted by atomic mass is 79.9. The lowest BCUT2D eigenvalue weighted by molar-refractivity contribution is 0.0924. The molecule has 0 spiro atoms. The van der Waals surface area contributed by atoms with E-state index in [4.69, 9.17) is 10.3 Å². The average molecular weight is 327 g/mol. The number of amides is 1. The van der Waals surface area contributed by atoms with Gasteiger partial charge in [-0.1, -0.05) is 0 Å². The maximum atomic E-state index is 12.0. The number of hydrogen-bond acceptors (Lipinski definition) is 5. The van der Waals surface area contributed by atoms with Crippen LogP contribution in [0.2, 0.25) is 0 Å². The van der Waals surface area contributed by atoms with Crippen LogP contribution in [-0.4, -0.2) is 15.5 Å². The van der Waals surface area contributed by atoms with Gasteiger partial charge in [0.1, 0.15) is 10.3 Å².